The van der Waals surface area contributed by atoms with Crippen molar-refractivity contribution in [3.8, 4) is 0 Å². The van der Waals surface area contributed by atoms with Crippen molar-refractivity contribution in [3.63, 3.8) is 0 Å². The molecular weight excluding hydrogens is 192 g/mol. The fourth-order valence-electron chi connectivity index (χ4n) is 0.970. The van der Waals surface area contributed by atoms with Crippen molar-refractivity contribution in [1.82, 2.24) is 4.98 Å². The SMILES string of the molecule is CC(C)(CO)CNc1ccc(N)c(N)n1. The Morgan fingerprint density at radius 3 is 2.60 bits per heavy atom. The number of aromatic nitrogens is 1. The normalized spacial score (nSPS) is 11.4. The van der Waals surface area contributed by atoms with Gasteiger partial charge in [-0.25, -0.2) is 4.98 Å². The van der Waals surface area contributed by atoms with Gasteiger partial charge < -0.3 is 21.9 Å². The molecule has 15 heavy (non-hydrogen) atoms. The van der Waals surface area contributed by atoms with Crippen LogP contribution in [0.25, 0.3) is 0 Å². The molecule has 0 fully saturated rings. The fraction of sp³-hybridized carbons (Fsp3) is 0.500. The first-order valence-electron chi connectivity index (χ1n) is 4.81. The standard InChI is InChI=1S/C10H18N4O/c1-10(2,6-15)5-13-8-4-3-7(11)9(12)14-8/h3-4,15H,5-6,11H2,1-2H3,(H3,12,13,14). The molecule has 0 amide bonds. The lowest BCUT2D eigenvalue weighted by atomic mass is 9.95. The van der Waals surface area contributed by atoms with Crippen molar-refractivity contribution >= 4 is 17.3 Å². The van der Waals surface area contributed by atoms with Gasteiger partial charge in [-0.15, -0.1) is 0 Å². The minimum absolute atomic E-state index is 0.116. The van der Waals surface area contributed by atoms with E-state index in [0.29, 0.717) is 23.9 Å². The third-order valence-electron chi connectivity index (χ3n) is 2.13. The highest BCUT2D eigenvalue weighted by Crippen LogP contribution is 2.17. The van der Waals surface area contributed by atoms with Gasteiger partial charge in [0.15, 0.2) is 0 Å². The van der Waals surface area contributed by atoms with Crippen LogP contribution >= 0.6 is 0 Å². The number of pyridine rings is 1. The molecule has 0 aliphatic carbocycles. The fourth-order valence-corrected chi connectivity index (χ4v) is 0.970. The van der Waals surface area contributed by atoms with Crippen molar-refractivity contribution in [2.75, 3.05) is 29.9 Å². The Kier molecular flexibility index (Phi) is 3.36. The highest BCUT2D eigenvalue weighted by atomic mass is 16.3. The summed E-state index contributed by atoms with van der Waals surface area (Å²) in [6, 6.07) is 3.47. The summed E-state index contributed by atoms with van der Waals surface area (Å²) < 4.78 is 0. The van der Waals surface area contributed by atoms with Gasteiger partial charge in [-0.1, -0.05) is 13.8 Å². The van der Waals surface area contributed by atoms with Crippen LogP contribution in [0.2, 0.25) is 0 Å². The number of aliphatic hydroxyl groups excluding tert-OH is 1. The first-order valence-corrected chi connectivity index (χ1v) is 4.81. The van der Waals surface area contributed by atoms with Crippen molar-refractivity contribution in [1.29, 1.82) is 0 Å². The predicted molar refractivity (Wildman–Crippen MR) is 62.4 cm³/mol. The van der Waals surface area contributed by atoms with Crippen molar-refractivity contribution < 1.29 is 5.11 Å². The Labute approximate surface area is 89.5 Å². The maximum absolute atomic E-state index is 9.07. The van der Waals surface area contributed by atoms with Gasteiger partial charge in [0.25, 0.3) is 0 Å². The van der Waals surface area contributed by atoms with Gasteiger partial charge in [-0.3, -0.25) is 0 Å². The summed E-state index contributed by atoms with van der Waals surface area (Å²) in [6.45, 7) is 4.66. The second kappa shape index (κ2) is 4.35. The second-order valence-corrected chi connectivity index (χ2v) is 4.35. The van der Waals surface area contributed by atoms with Crippen LogP contribution in [0.3, 0.4) is 0 Å². The zero-order valence-corrected chi connectivity index (χ0v) is 9.12. The molecule has 0 aliphatic rings. The van der Waals surface area contributed by atoms with E-state index in [2.05, 4.69) is 10.3 Å². The Balaban J connectivity index is 2.62. The minimum atomic E-state index is -0.183. The maximum Gasteiger partial charge on any atom is 0.149 e. The molecule has 0 bridgehead atoms. The number of nitrogens with two attached hydrogens (primary N) is 2. The molecule has 0 aliphatic heterocycles. The smallest absolute Gasteiger partial charge is 0.149 e. The number of nitrogens with zero attached hydrogens (tertiary/aromatic N) is 1. The first-order chi connectivity index (χ1) is 6.94. The molecular formula is C10H18N4O. The van der Waals surface area contributed by atoms with Crippen LogP contribution in [0, 0.1) is 5.41 Å². The number of anilines is 3. The van der Waals surface area contributed by atoms with E-state index in [1.54, 1.807) is 12.1 Å². The lowest BCUT2D eigenvalue weighted by Crippen LogP contribution is -2.27. The van der Waals surface area contributed by atoms with Crippen LogP contribution in [-0.2, 0) is 0 Å². The van der Waals surface area contributed by atoms with Crippen LogP contribution in [0.1, 0.15) is 13.8 Å². The lowest BCUT2D eigenvalue weighted by Gasteiger charge is -2.22. The number of nitrogen functional groups attached to an aromatic ring is 2. The molecule has 5 heteroatoms. The van der Waals surface area contributed by atoms with Crippen molar-refractivity contribution in [2.24, 2.45) is 5.41 Å². The predicted octanol–water partition coefficient (Wildman–Crippen LogP) is 0.676. The number of rotatable bonds is 4. The molecule has 0 saturated heterocycles. The van der Waals surface area contributed by atoms with E-state index < -0.39 is 0 Å². The van der Waals surface area contributed by atoms with Crippen molar-refractivity contribution in [3.05, 3.63) is 12.1 Å². The van der Waals surface area contributed by atoms with Gasteiger partial charge in [0.05, 0.1) is 5.69 Å². The van der Waals surface area contributed by atoms with Gasteiger partial charge >= 0.3 is 0 Å². The number of nitrogens with one attached hydrogen (secondary N) is 1. The lowest BCUT2D eigenvalue weighted by molar-refractivity contribution is 0.170. The molecule has 1 aromatic rings. The topological polar surface area (TPSA) is 97.2 Å². The van der Waals surface area contributed by atoms with Crippen LogP contribution < -0.4 is 16.8 Å². The minimum Gasteiger partial charge on any atom is -0.396 e. The molecule has 1 rings (SSSR count). The molecule has 6 N–H and O–H groups in total. The highest BCUT2D eigenvalue weighted by molar-refractivity contribution is 5.61. The number of hydrogen-bond acceptors (Lipinski definition) is 5. The Bertz CT molecular complexity index is 338. The van der Waals surface area contributed by atoms with Gasteiger partial charge in [-0.05, 0) is 12.1 Å². The first kappa shape index (κ1) is 11.6. The molecule has 1 heterocycles. The van der Waals surface area contributed by atoms with E-state index in [0.717, 1.165) is 0 Å². The summed E-state index contributed by atoms with van der Waals surface area (Å²) in [5.41, 5.74) is 11.4. The quantitative estimate of drug-likeness (QED) is 0.586. The highest BCUT2D eigenvalue weighted by Gasteiger charge is 2.16. The van der Waals surface area contributed by atoms with E-state index in [-0.39, 0.29) is 12.0 Å². The summed E-state index contributed by atoms with van der Waals surface area (Å²) in [7, 11) is 0. The summed E-state index contributed by atoms with van der Waals surface area (Å²) in [4.78, 5) is 4.07. The molecule has 5 nitrogen and oxygen atoms in total. The average molecular weight is 210 g/mol. The Hall–Kier alpha value is -1.49. The molecule has 84 valence electrons. The van der Waals surface area contributed by atoms with Gasteiger partial charge in [0, 0.05) is 18.6 Å². The van der Waals surface area contributed by atoms with E-state index in [9.17, 15) is 0 Å². The van der Waals surface area contributed by atoms with Crippen LogP contribution in [0.15, 0.2) is 12.1 Å². The van der Waals surface area contributed by atoms with Crippen LogP contribution in [0.5, 0.6) is 0 Å². The maximum atomic E-state index is 9.07. The van der Waals surface area contributed by atoms with E-state index in [1.165, 1.54) is 0 Å². The molecule has 0 aromatic carbocycles. The zero-order chi connectivity index (χ0) is 11.5. The molecule has 0 saturated carbocycles. The molecule has 1 aromatic heterocycles. The molecule has 0 unspecified atom stereocenters. The number of aliphatic hydroxyl groups is 1. The van der Waals surface area contributed by atoms with Gasteiger partial charge in [-0.2, -0.15) is 0 Å². The van der Waals surface area contributed by atoms with Crippen LogP contribution in [0.4, 0.5) is 17.3 Å². The largest absolute Gasteiger partial charge is 0.396 e. The zero-order valence-electron chi connectivity index (χ0n) is 9.12. The van der Waals surface area contributed by atoms with E-state index >= 15 is 0 Å². The third-order valence-corrected chi connectivity index (χ3v) is 2.13. The summed E-state index contributed by atoms with van der Waals surface area (Å²) >= 11 is 0. The third kappa shape index (κ3) is 3.28. The average Bonchev–Trinajstić information content (AvgIpc) is 2.20. The van der Waals surface area contributed by atoms with E-state index in [4.69, 9.17) is 16.6 Å². The molecule has 0 atom stereocenters. The van der Waals surface area contributed by atoms with Crippen molar-refractivity contribution in [2.45, 2.75) is 13.8 Å². The summed E-state index contributed by atoms with van der Waals surface area (Å²) in [5.74, 6) is 0.991. The Morgan fingerprint density at radius 2 is 2.07 bits per heavy atom. The van der Waals surface area contributed by atoms with Gasteiger partial charge in [0.2, 0.25) is 0 Å². The van der Waals surface area contributed by atoms with E-state index in [1.807, 2.05) is 13.8 Å². The second-order valence-electron chi connectivity index (χ2n) is 4.35. The summed E-state index contributed by atoms with van der Waals surface area (Å²) in [5, 5.41) is 12.2. The molecule has 0 spiro atoms. The van der Waals surface area contributed by atoms with Crippen LogP contribution in [-0.4, -0.2) is 23.2 Å². The molecule has 0 radical (unpaired) electrons. The van der Waals surface area contributed by atoms with Gasteiger partial charge in [0.1, 0.15) is 11.6 Å². The number of hydrogen-bond donors (Lipinski definition) is 4. The Morgan fingerprint density at radius 1 is 1.40 bits per heavy atom. The summed E-state index contributed by atoms with van der Waals surface area (Å²) in [6.07, 6.45) is 0. The monoisotopic (exact) mass is 210 g/mol.